The summed E-state index contributed by atoms with van der Waals surface area (Å²) in [5.74, 6) is -0.370. The molecule has 0 heterocycles. The van der Waals surface area contributed by atoms with Crippen molar-refractivity contribution in [2.75, 3.05) is 13.7 Å². The summed E-state index contributed by atoms with van der Waals surface area (Å²) in [6.45, 7) is 0.875. The molecule has 1 aliphatic rings. The molecule has 0 aliphatic heterocycles. The summed E-state index contributed by atoms with van der Waals surface area (Å²) in [7, 11) is 1.38. The number of hydrogen-bond acceptors (Lipinski definition) is 4. The van der Waals surface area contributed by atoms with Gasteiger partial charge in [0, 0.05) is 11.6 Å². The van der Waals surface area contributed by atoms with E-state index in [0.29, 0.717) is 25.2 Å². The number of benzene rings is 1. The van der Waals surface area contributed by atoms with Crippen LogP contribution in [0, 0.1) is 0 Å². The fourth-order valence-electron chi connectivity index (χ4n) is 1.92. The van der Waals surface area contributed by atoms with Crippen LogP contribution >= 0.6 is 0 Å². The van der Waals surface area contributed by atoms with E-state index in [1.807, 2.05) is 30.3 Å². The van der Waals surface area contributed by atoms with Crippen LogP contribution in [0.25, 0.3) is 0 Å². The van der Waals surface area contributed by atoms with Gasteiger partial charge < -0.3 is 9.47 Å². The van der Waals surface area contributed by atoms with Crippen molar-refractivity contribution in [1.82, 2.24) is 0 Å². The lowest BCUT2D eigenvalue weighted by Gasteiger charge is -2.12. The highest BCUT2D eigenvalue weighted by atomic mass is 16.5. The maximum absolute atomic E-state index is 11.9. The van der Waals surface area contributed by atoms with E-state index in [-0.39, 0.29) is 17.3 Å². The third kappa shape index (κ3) is 3.65. The molecule has 1 aromatic carbocycles. The number of allylic oxidation sites excluding steroid dienone is 3. The highest BCUT2D eigenvalue weighted by Gasteiger charge is 2.21. The van der Waals surface area contributed by atoms with Crippen molar-refractivity contribution in [3.63, 3.8) is 0 Å². The van der Waals surface area contributed by atoms with Crippen molar-refractivity contribution in [2.45, 2.75) is 13.0 Å². The zero-order chi connectivity index (χ0) is 14.4. The van der Waals surface area contributed by atoms with Crippen molar-refractivity contribution in [3.05, 3.63) is 59.4 Å². The number of rotatable bonds is 6. The molecule has 2 rings (SSSR count). The molecule has 20 heavy (non-hydrogen) atoms. The standard InChI is InChI=1S/C16H16O4/c1-19-15-10-14(17)9-13(16(15)18)7-8-20-11-12-5-3-2-4-6-12/h2-6,9-10H,7-8,11H2,1H3. The average molecular weight is 272 g/mol. The van der Waals surface area contributed by atoms with Gasteiger partial charge in [0.2, 0.25) is 5.78 Å². The van der Waals surface area contributed by atoms with Crippen molar-refractivity contribution in [3.8, 4) is 0 Å². The topological polar surface area (TPSA) is 52.6 Å². The Morgan fingerprint density at radius 1 is 1.05 bits per heavy atom. The molecule has 0 saturated carbocycles. The normalized spacial score (nSPS) is 14.8. The average Bonchev–Trinajstić information content (AvgIpc) is 2.47. The summed E-state index contributed by atoms with van der Waals surface area (Å²) in [4.78, 5) is 23.3. The lowest BCUT2D eigenvalue weighted by molar-refractivity contribution is -0.117. The number of hydrogen-bond donors (Lipinski definition) is 0. The summed E-state index contributed by atoms with van der Waals surface area (Å²) < 4.78 is 10.4. The number of Topliss-reactive ketones (excluding diaryl/α,β-unsaturated/α-hetero) is 1. The summed E-state index contributed by atoms with van der Waals surface area (Å²) in [5.41, 5.74) is 1.51. The quantitative estimate of drug-likeness (QED) is 0.588. The van der Waals surface area contributed by atoms with Gasteiger partial charge in [-0.25, -0.2) is 0 Å². The van der Waals surface area contributed by atoms with E-state index in [0.717, 1.165) is 5.56 Å². The highest BCUT2D eigenvalue weighted by molar-refractivity contribution is 6.19. The lowest BCUT2D eigenvalue weighted by Crippen LogP contribution is -2.16. The fraction of sp³-hybridized carbons (Fsp3) is 0.250. The SMILES string of the molecule is COC1=CC(=O)C=C(CCOCc2ccccc2)C1=O. The molecule has 0 radical (unpaired) electrons. The minimum absolute atomic E-state index is 0.0931. The first-order valence-corrected chi connectivity index (χ1v) is 6.37. The molecule has 0 N–H and O–H groups in total. The van der Waals surface area contributed by atoms with Gasteiger partial charge in [0.25, 0.3) is 0 Å². The van der Waals surface area contributed by atoms with E-state index in [1.165, 1.54) is 19.3 Å². The Morgan fingerprint density at radius 2 is 1.80 bits per heavy atom. The molecular formula is C16H16O4. The molecule has 0 amide bonds. The van der Waals surface area contributed by atoms with Crippen molar-refractivity contribution in [1.29, 1.82) is 0 Å². The van der Waals surface area contributed by atoms with Gasteiger partial charge >= 0.3 is 0 Å². The zero-order valence-electron chi connectivity index (χ0n) is 11.3. The van der Waals surface area contributed by atoms with Crippen LogP contribution in [0.4, 0.5) is 0 Å². The Balaban J connectivity index is 1.82. The van der Waals surface area contributed by atoms with Gasteiger partial charge in [-0.3, -0.25) is 9.59 Å². The molecule has 0 atom stereocenters. The molecule has 0 aromatic heterocycles. The monoisotopic (exact) mass is 272 g/mol. The minimum Gasteiger partial charge on any atom is -0.493 e. The van der Waals surface area contributed by atoms with Gasteiger partial charge in [0.1, 0.15) is 0 Å². The summed E-state index contributed by atoms with van der Waals surface area (Å²) in [6, 6.07) is 9.78. The molecule has 0 unspecified atom stereocenters. The highest BCUT2D eigenvalue weighted by Crippen LogP contribution is 2.16. The Kier molecular flexibility index (Phi) is 4.85. The Hall–Kier alpha value is -2.20. The van der Waals surface area contributed by atoms with Gasteiger partial charge in [-0.2, -0.15) is 0 Å². The summed E-state index contributed by atoms with van der Waals surface area (Å²) >= 11 is 0. The molecule has 1 aromatic rings. The second kappa shape index (κ2) is 6.82. The van der Waals surface area contributed by atoms with Crippen LogP contribution in [-0.2, 0) is 25.7 Å². The van der Waals surface area contributed by atoms with E-state index in [2.05, 4.69) is 0 Å². The second-order valence-electron chi connectivity index (χ2n) is 4.40. The predicted molar refractivity (Wildman–Crippen MR) is 73.9 cm³/mol. The Bertz CT molecular complexity index is 555. The first-order chi connectivity index (χ1) is 9.70. The van der Waals surface area contributed by atoms with Crippen LogP contribution in [0.3, 0.4) is 0 Å². The van der Waals surface area contributed by atoms with Gasteiger partial charge in [-0.05, 0) is 18.1 Å². The number of methoxy groups -OCH3 is 1. The predicted octanol–water partition coefficient (Wildman–Crippen LogP) is 2.20. The van der Waals surface area contributed by atoms with Crippen LogP contribution in [0.15, 0.2) is 53.8 Å². The molecule has 0 saturated heterocycles. The number of carbonyl (C=O) groups is 2. The summed E-state index contributed by atoms with van der Waals surface area (Å²) in [5, 5.41) is 0. The van der Waals surface area contributed by atoms with Gasteiger partial charge in [-0.1, -0.05) is 30.3 Å². The van der Waals surface area contributed by atoms with Gasteiger partial charge in [0.05, 0.1) is 20.3 Å². The molecule has 4 nitrogen and oxygen atoms in total. The van der Waals surface area contributed by atoms with Crippen LogP contribution < -0.4 is 0 Å². The van der Waals surface area contributed by atoms with Crippen LogP contribution in [-0.4, -0.2) is 25.3 Å². The first kappa shape index (κ1) is 14.2. The lowest BCUT2D eigenvalue weighted by atomic mass is 9.99. The second-order valence-corrected chi connectivity index (χ2v) is 4.40. The molecule has 0 bridgehead atoms. The maximum Gasteiger partial charge on any atom is 0.223 e. The minimum atomic E-state index is -0.240. The summed E-state index contributed by atoms with van der Waals surface area (Å²) in [6.07, 6.45) is 2.95. The van der Waals surface area contributed by atoms with E-state index in [1.54, 1.807) is 0 Å². The van der Waals surface area contributed by atoms with Gasteiger partial charge in [0.15, 0.2) is 11.5 Å². The van der Waals surface area contributed by atoms with Crippen LogP contribution in [0.2, 0.25) is 0 Å². The number of ether oxygens (including phenoxy) is 2. The maximum atomic E-state index is 11.9. The molecular weight excluding hydrogens is 256 g/mol. The zero-order valence-corrected chi connectivity index (χ0v) is 11.3. The molecule has 4 heteroatoms. The smallest absolute Gasteiger partial charge is 0.223 e. The van der Waals surface area contributed by atoms with Crippen LogP contribution in [0.5, 0.6) is 0 Å². The van der Waals surface area contributed by atoms with E-state index in [9.17, 15) is 9.59 Å². The Morgan fingerprint density at radius 3 is 2.50 bits per heavy atom. The third-order valence-corrected chi connectivity index (χ3v) is 2.95. The molecule has 0 spiro atoms. The van der Waals surface area contributed by atoms with Crippen LogP contribution in [0.1, 0.15) is 12.0 Å². The van der Waals surface area contributed by atoms with E-state index in [4.69, 9.17) is 9.47 Å². The first-order valence-electron chi connectivity index (χ1n) is 6.37. The van der Waals surface area contributed by atoms with Crippen molar-refractivity contribution >= 4 is 11.6 Å². The fourth-order valence-corrected chi connectivity index (χ4v) is 1.92. The van der Waals surface area contributed by atoms with Crippen molar-refractivity contribution in [2.24, 2.45) is 0 Å². The Labute approximate surface area is 117 Å². The molecule has 1 aliphatic carbocycles. The largest absolute Gasteiger partial charge is 0.493 e. The van der Waals surface area contributed by atoms with E-state index >= 15 is 0 Å². The van der Waals surface area contributed by atoms with Crippen molar-refractivity contribution < 1.29 is 19.1 Å². The number of ketones is 2. The molecule has 104 valence electrons. The third-order valence-electron chi connectivity index (χ3n) is 2.95. The number of carbonyl (C=O) groups excluding carboxylic acids is 2. The molecule has 0 fully saturated rings. The van der Waals surface area contributed by atoms with E-state index < -0.39 is 0 Å². The van der Waals surface area contributed by atoms with Gasteiger partial charge in [-0.15, -0.1) is 0 Å².